The Bertz CT molecular complexity index is 1000. The van der Waals surface area contributed by atoms with Gasteiger partial charge in [0.2, 0.25) is 10.9 Å². The van der Waals surface area contributed by atoms with Gasteiger partial charge < -0.3 is 8.94 Å². The lowest BCUT2D eigenvalue weighted by Gasteiger charge is -2.06. The zero-order chi connectivity index (χ0) is 18.9. The van der Waals surface area contributed by atoms with E-state index in [9.17, 15) is 21.6 Å². The number of aryl methyl sites for hydroxylation is 1. The fourth-order valence-electron chi connectivity index (χ4n) is 2.14. The van der Waals surface area contributed by atoms with Crippen molar-refractivity contribution in [3.8, 4) is 11.5 Å². The van der Waals surface area contributed by atoms with E-state index in [4.69, 9.17) is 4.42 Å². The van der Waals surface area contributed by atoms with Crippen molar-refractivity contribution in [3.63, 3.8) is 0 Å². The third-order valence-corrected chi connectivity index (χ3v) is 4.76. The first-order valence-electron chi connectivity index (χ1n) is 7.45. The maximum absolute atomic E-state index is 12.5. The van der Waals surface area contributed by atoms with Crippen LogP contribution < -0.4 is 4.72 Å². The number of nitrogens with one attached hydrogen (secondary N) is 1. The van der Waals surface area contributed by atoms with Crippen molar-refractivity contribution < 1.29 is 30.5 Å². The molecule has 0 aliphatic carbocycles. The van der Waals surface area contributed by atoms with Crippen LogP contribution in [0, 0.1) is 0 Å². The van der Waals surface area contributed by atoms with Crippen molar-refractivity contribution in [2.75, 3.05) is 4.72 Å². The van der Waals surface area contributed by atoms with Crippen molar-refractivity contribution in [2.24, 2.45) is 0 Å². The fourth-order valence-corrected chi connectivity index (χ4v) is 3.13. The van der Waals surface area contributed by atoms with Gasteiger partial charge in [0.1, 0.15) is 5.69 Å². The Morgan fingerprint density at radius 3 is 2.38 bits per heavy atom. The number of benzene rings is 1. The molecule has 0 saturated heterocycles. The van der Waals surface area contributed by atoms with Gasteiger partial charge in [-0.25, -0.2) is 0 Å². The molecule has 0 atom stereocenters. The van der Waals surface area contributed by atoms with E-state index in [1.54, 1.807) is 24.3 Å². The molecular formula is C16H13F3N2O4S. The van der Waals surface area contributed by atoms with Crippen LogP contribution in [0.1, 0.15) is 18.2 Å². The molecule has 3 rings (SSSR count). The highest BCUT2D eigenvalue weighted by Crippen LogP contribution is 2.33. The maximum Gasteiger partial charge on any atom is 0.452 e. The summed E-state index contributed by atoms with van der Waals surface area (Å²) in [6.45, 7) is 1.97. The molecule has 0 unspecified atom stereocenters. The molecule has 1 aromatic carbocycles. The topological polar surface area (TPSA) is 85.3 Å². The molecule has 0 spiro atoms. The average molecular weight is 386 g/mol. The van der Waals surface area contributed by atoms with E-state index in [2.05, 4.69) is 14.4 Å². The van der Waals surface area contributed by atoms with Gasteiger partial charge in [-0.1, -0.05) is 24.2 Å². The van der Waals surface area contributed by atoms with Crippen LogP contribution in [0.15, 0.2) is 56.5 Å². The second-order valence-corrected chi connectivity index (χ2v) is 6.96. The third kappa shape index (κ3) is 3.74. The summed E-state index contributed by atoms with van der Waals surface area (Å²) in [5.41, 5.74) is 1.12. The Kier molecular flexibility index (Phi) is 4.53. The highest BCUT2D eigenvalue weighted by Gasteiger charge is 2.36. The summed E-state index contributed by atoms with van der Waals surface area (Å²) in [6, 6.07) is 9.72. The van der Waals surface area contributed by atoms with E-state index in [1.165, 1.54) is 6.07 Å². The Hall–Kier alpha value is -2.75. The van der Waals surface area contributed by atoms with E-state index in [-0.39, 0.29) is 11.5 Å². The minimum atomic E-state index is -4.70. The predicted octanol–water partition coefficient (Wildman–Crippen LogP) is 4.32. The number of hydrogen-bond donors (Lipinski definition) is 1. The molecule has 10 heteroatoms. The summed E-state index contributed by atoms with van der Waals surface area (Å²) >= 11 is 0. The van der Waals surface area contributed by atoms with E-state index in [0.29, 0.717) is 11.8 Å². The Labute approximate surface area is 146 Å². The smallest absolute Gasteiger partial charge is 0.441 e. The molecule has 0 fully saturated rings. The molecule has 0 saturated carbocycles. The monoisotopic (exact) mass is 386 g/mol. The Morgan fingerprint density at radius 2 is 1.81 bits per heavy atom. The Morgan fingerprint density at radius 1 is 1.12 bits per heavy atom. The summed E-state index contributed by atoms with van der Waals surface area (Å²) in [6.07, 6.45) is -3.88. The number of alkyl halides is 3. The SMILES string of the molecule is CCc1ccc(NS(=O)(=O)c2ccc(-c3cc(C(F)(F)F)on3)o2)cc1. The summed E-state index contributed by atoms with van der Waals surface area (Å²) in [5.74, 6) is -1.46. The molecule has 0 amide bonds. The lowest BCUT2D eigenvalue weighted by Crippen LogP contribution is -2.12. The second-order valence-electron chi connectivity index (χ2n) is 5.35. The fraction of sp³-hybridized carbons (Fsp3) is 0.188. The first kappa shape index (κ1) is 18.1. The van der Waals surface area contributed by atoms with Crippen LogP contribution in [0.5, 0.6) is 0 Å². The highest BCUT2D eigenvalue weighted by atomic mass is 32.2. The van der Waals surface area contributed by atoms with Crippen LogP contribution in [-0.4, -0.2) is 13.6 Å². The second kappa shape index (κ2) is 6.52. The minimum absolute atomic E-state index is 0.161. The predicted molar refractivity (Wildman–Crippen MR) is 85.8 cm³/mol. The number of furan rings is 1. The van der Waals surface area contributed by atoms with Gasteiger partial charge in [0.05, 0.1) is 0 Å². The number of nitrogens with zero attached hydrogens (tertiary/aromatic N) is 1. The van der Waals surface area contributed by atoms with Crippen LogP contribution in [0.3, 0.4) is 0 Å². The van der Waals surface area contributed by atoms with Gasteiger partial charge >= 0.3 is 6.18 Å². The molecule has 3 aromatic rings. The summed E-state index contributed by atoms with van der Waals surface area (Å²) < 4.78 is 74.0. The number of halogens is 3. The van der Waals surface area contributed by atoms with Gasteiger partial charge in [0, 0.05) is 11.8 Å². The molecule has 6 nitrogen and oxygen atoms in total. The largest absolute Gasteiger partial charge is 0.452 e. The number of rotatable bonds is 5. The molecule has 2 aromatic heterocycles. The van der Waals surface area contributed by atoms with E-state index in [0.717, 1.165) is 18.1 Å². The van der Waals surface area contributed by atoms with Crippen LogP contribution in [0.4, 0.5) is 18.9 Å². The number of sulfonamides is 1. The van der Waals surface area contributed by atoms with Gasteiger partial charge in [-0.3, -0.25) is 4.72 Å². The molecule has 138 valence electrons. The van der Waals surface area contributed by atoms with Crippen molar-refractivity contribution >= 4 is 15.7 Å². The molecule has 0 aliphatic heterocycles. The first-order valence-corrected chi connectivity index (χ1v) is 8.93. The number of aromatic nitrogens is 1. The van der Waals surface area contributed by atoms with E-state index >= 15 is 0 Å². The average Bonchev–Trinajstić information content (AvgIpc) is 3.24. The molecule has 1 N–H and O–H groups in total. The summed E-state index contributed by atoms with van der Waals surface area (Å²) in [5, 5.41) is 2.79. The molecule has 0 aliphatic rings. The maximum atomic E-state index is 12.5. The molecule has 0 bridgehead atoms. The standard InChI is InChI=1S/C16H13F3N2O4S/c1-2-10-3-5-11(6-4-10)21-26(22,23)15-8-7-13(24-15)12-9-14(25-20-12)16(17,18)19/h3-9,21H,2H2,1H3. The quantitative estimate of drug-likeness (QED) is 0.706. The van der Waals surface area contributed by atoms with Crippen molar-refractivity contribution in [3.05, 3.63) is 53.8 Å². The zero-order valence-electron chi connectivity index (χ0n) is 13.4. The van der Waals surface area contributed by atoms with Gasteiger partial charge in [0.15, 0.2) is 5.76 Å². The van der Waals surface area contributed by atoms with Crippen LogP contribution in [0.2, 0.25) is 0 Å². The number of anilines is 1. The van der Waals surface area contributed by atoms with Crippen LogP contribution in [0.25, 0.3) is 11.5 Å². The van der Waals surface area contributed by atoms with Crippen molar-refractivity contribution in [1.29, 1.82) is 0 Å². The van der Waals surface area contributed by atoms with E-state index in [1.807, 2.05) is 6.92 Å². The molecule has 2 heterocycles. The van der Waals surface area contributed by atoms with Crippen molar-refractivity contribution in [2.45, 2.75) is 24.6 Å². The van der Waals surface area contributed by atoms with Crippen molar-refractivity contribution in [1.82, 2.24) is 5.16 Å². The van der Waals surface area contributed by atoms with Gasteiger partial charge in [-0.2, -0.15) is 21.6 Å². The van der Waals surface area contributed by atoms with Crippen LogP contribution in [-0.2, 0) is 22.6 Å². The van der Waals surface area contributed by atoms with E-state index < -0.39 is 27.1 Å². The molecular weight excluding hydrogens is 373 g/mol. The normalized spacial score (nSPS) is 12.3. The van der Waals surface area contributed by atoms with Gasteiger partial charge in [-0.05, 0) is 36.2 Å². The lowest BCUT2D eigenvalue weighted by molar-refractivity contribution is -0.155. The lowest BCUT2D eigenvalue weighted by atomic mass is 10.2. The Balaban J connectivity index is 1.82. The van der Waals surface area contributed by atoms with Crippen LogP contribution >= 0.6 is 0 Å². The first-order chi connectivity index (χ1) is 12.2. The zero-order valence-corrected chi connectivity index (χ0v) is 14.2. The summed E-state index contributed by atoms with van der Waals surface area (Å²) in [4.78, 5) is 0. The third-order valence-electron chi connectivity index (χ3n) is 3.50. The van der Waals surface area contributed by atoms with Gasteiger partial charge in [0.25, 0.3) is 10.0 Å². The summed E-state index contributed by atoms with van der Waals surface area (Å²) in [7, 11) is -4.04. The minimum Gasteiger partial charge on any atom is -0.441 e. The molecule has 0 radical (unpaired) electrons. The van der Waals surface area contributed by atoms with Gasteiger partial charge in [-0.15, -0.1) is 0 Å². The highest BCUT2D eigenvalue weighted by molar-refractivity contribution is 7.92. The molecule has 26 heavy (non-hydrogen) atoms. The number of hydrogen-bond acceptors (Lipinski definition) is 5.